The van der Waals surface area contributed by atoms with Crippen LogP contribution in [0.1, 0.15) is 37.0 Å². The maximum Gasteiger partial charge on any atom is 0.412 e. The Bertz CT molecular complexity index is 1310. The zero-order valence-corrected chi connectivity index (χ0v) is 24.8. The number of allylic oxidation sites excluding steroid dienone is 1. The Balaban J connectivity index is 1.77. The minimum atomic E-state index is -0.949. The van der Waals surface area contributed by atoms with E-state index in [-0.39, 0.29) is 11.7 Å². The van der Waals surface area contributed by atoms with Crippen LogP contribution in [0.3, 0.4) is 0 Å². The van der Waals surface area contributed by atoms with Gasteiger partial charge in [-0.1, -0.05) is 51.8 Å². The fourth-order valence-electron chi connectivity index (χ4n) is 3.81. The predicted molar refractivity (Wildman–Crippen MR) is 161 cm³/mol. The molecule has 0 radical (unpaired) electrons. The van der Waals surface area contributed by atoms with Crippen molar-refractivity contribution in [1.29, 1.82) is 0 Å². The van der Waals surface area contributed by atoms with Crippen LogP contribution in [0, 0.1) is 6.92 Å². The van der Waals surface area contributed by atoms with Crippen molar-refractivity contribution in [3.8, 4) is 5.75 Å². The van der Waals surface area contributed by atoms with Gasteiger partial charge in [0.2, 0.25) is 5.91 Å². The monoisotopic (exact) mass is 659 g/mol. The number of phenolic OH excluding ortho intramolecular Hbond substituents is 1. The predicted octanol–water partition coefficient (Wildman–Crippen LogP) is 7.48. The number of para-hydroxylation sites is 2. The largest absolute Gasteiger partial charge is 0.506 e. The number of halogens is 2. The summed E-state index contributed by atoms with van der Waals surface area (Å²) in [7, 11) is 0. The van der Waals surface area contributed by atoms with E-state index in [1.807, 2.05) is 26.0 Å². The maximum absolute atomic E-state index is 12.9. The van der Waals surface area contributed by atoms with Gasteiger partial charge in [0, 0.05) is 22.3 Å². The molecule has 5 N–H and O–H groups in total. The first-order valence-corrected chi connectivity index (χ1v) is 13.9. The smallest absolute Gasteiger partial charge is 0.412 e. The topological polar surface area (TPSA) is 123 Å². The number of nitrogen functional groups attached to an aromatic ring is 1. The highest BCUT2D eigenvalue weighted by Crippen LogP contribution is 2.39. The summed E-state index contributed by atoms with van der Waals surface area (Å²) in [6, 6.07) is 17.7. The van der Waals surface area contributed by atoms with Gasteiger partial charge in [-0.2, -0.15) is 0 Å². The zero-order valence-electron chi connectivity index (χ0n) is 21.6. The summed E-state index contributed by atoms with van der Waals surface area (Å²) < 4.78 is 13.0. The van der Waals surface area contributed by atoms with E-state index in [0.717, 1.165) is 5.56 Å². The van der Waals surface area contributed by atoms with E-state index >= 15 is 0 Å². The highest BCUT2D eigenvalue weighted by Gasteiger charge is 2.31. The molecule has 0 heterocycles. The number of amides is 2. The highest BCUT2D eigenvalue weighted by atomic mass is 79.9. The van der Waals surface area contributed by atoms with Gasteiger partial charge in [0.15, 0.2) is 6.10 Å². The number of nitrogens with one attached hydrogen (secondary N) is 2. The second-order valence-electron chi connectivity index (χ2n) is 8.69. The van der Waals surface area contributed by atoms with Gasteiger partial charge in [-0.3, -0.25) is 10.1 Å². The van der Waals surface area contributed by atoms with Crippen molar-refractivity contribution in [2.45, 2.75) is 38.9 Å². The van der Waals surface area contributed by atoms with Gasteiger partial charge in [-0.25, -0.2) is 4.79 Å². The fraction of sp³-hybridized carbons (Fsp3) is 0.241. The van der Waals surface area contributed by atoms with Crippen LogP contribution in [-0.4, -0.2) is 29.8 Å². The fourth-order valence-corrected chi connectivity index (χ4v) is 5.07. The van der Waals surface area contributed by atoms with E-state index in [2.05, 4.69) is 42.5 Å². The minimum absolute atomic E-state index is 0.0635. The van der Waals surface area contributed by atoms with Gasteiger partial charge in [0.1, 0.15) is 5.75 Å². The molecule has 2 atom stereocenters. The van der Waals surface area contributed by atoms with Gasteiger partial charge < -0.3 is 25.6 Å². The summed E-state index contributed by atoms with van der Waals surface area (Å²) in [6.07, 6.45) is 1.70. The average molecular weight is 661 g/mol. The Morgan fingerprint density at radius 1 is 1.08 bits per heavy atom. The lowest BCUT2D eigenvalue weighted by Gasteiger charge is -2.28. The normalized spacial score (nSPS) is 12.6. The van der Waals surface area contributed by atoms with Crippen molar-refractivity contribution in [3.05, 3.63) is 92.9 Å². The van der Waals surface area contributed by atoms with Crippen LogP contribution < -0.4 is 16.4 Å². The van der Waals surface area contributed by atoms with E-state index in [0.29, 0.717) is 51.0 Å². The molecule has 0 fully saturated rings. The number of phenols is 1. The Morgan fingerprint density at radius 3 is 2.49 bits per heavy atom. The third-order valence-electron chi connectivity index (χ3n) is 5.72. The van der Waals surface area contributed by atoms with Gasteiger partial charge in [-0.05, 0) is 85.1 Å². The molecule has 39 heavy (non-hydrogen) atoms. The molecule has 0 aliphatic carbocycles. The molecule has 10 heteroatoms. The standard InChI is InChI=1S/C29H31Br2N3O5/c1-3-38-25(10-6-7-11-26(35)34-24-9-5-4-8-23(24)32)28(21-16-19(30)17-22(31)27(21)36)39-29(37)33-20-14-12-18(2)13-15-20/h4-5,7-9,11-17,25,28,36H,3,6,10,32H2,1-2H3,(H,33,37)(H,34,35)/b11-7+/t25-,28-/m0/s1. The van der Waals surface area contributed by atoms with Crippen LogP contribution in [0.4, 0.5) is 21.9 Å². The van der Waals surface area contributed by atoms with Crippen LogP contribution in [0.25, 0.3) is 0 Å². The first kappa shape index (κ1) is 30.2. The molecular formula is C29H31Br2N3O5. The van der Waals surface area contributed by atoms with Gasteiger partial charge >= 0.3 is 6.09 Å². The summed E-state index contributed by atoms with van der Waals surface area (Å²) in [5, 5.41) is 16.3. The Labute approximate surface area is 244 Å². The first-order valence-electron chi connectivity index (χ1n) is 12.3. The second kappa shape index (κ2) is 14.7. The van der Waals surface area contributed by atoms with Crippen LogP contribution >= 0.6 is 31.9 Å². The first-order chi connectivity index (χ1) is 18.7. The molecule has 0 spiro atoms. The number of hydrogen-bond acceptors (Lipinski definition) is 6. The number of ether oxygens (including phenoxy) is 2. The molecule has 206 valence electrons. The number of carbonyl (C=O) groups is 2. The number of hydrogen-bond donors (Lipinski definition) is 4. The maximum atomic E-state index is 12.9. The Kier molecular flexibility index (Phi) is 11.4. The second-order valence-corrected chi connectivity index (χ2v) is 10.5. The molecule has 0 aliphatic rings. The number of anilines is 3. The van der Waals surface area contributed by atoms with Gasteiger partial charge in [0.25, 0.3) is 0 Å². The van der Waals surface area contributed by atoms with Crippen LogP contribution in [0.2, 0.25) is 0 Å². The third-order valence-corrected chi connectivity index (χ3v) is 6.78. The van der Waals surface area contributed by atoms with Crippen LogP contribution in [0.5, 0.6) is 5.75 Å². The van der Waals surface area contributed by atoms with Crippen molar-refractivity contribution < 1.29 is 24.2 Å². The molecule has 3 aromatic carbocycles. The SMILES string of the molecule is CCO[C@@H](CC/C=C/C(=O)Nc1ccccc1N)[C@@H](OC(=O)Nc1ccc(C)cc1)c1cc(Br)cc(Br)c1O. The third kappa shape index (κ3) is 9.12. The number of aryl methyl sites for hydroxylation is 1. The Morgan fingerprint density at radius 2 is 1.79 bits per heavy atom. The number of benzene rings is 3. The van der Waals surface area contributed by atoms with E-state index in [4.69, 9.17) is 15.2 Å². The number of nitrogens with two attached hydrogens (primary N) is 1. The molecule has 0 aliphatic heterocycles. The van der Waals surface area contributed by atoms with E-state index in [1.54, 1.807) is 54.6 Å². The molecular weight excluding hydrogens is 630 g/mol. The van der Waals surface area contributed by atoms with Crippen molar-refractivity contribution >= 4 is 60.9 Å². The van der Waals surface area contributed by atoms with Crippen molar-refractivity contribution in [1.82, 2.24) is 0 Å². The molecule has 0 saturated carbocycles. The summed E-state index contributed by atoms with van der Waals surface area (Å²) >= 11 is 6.79. The number of carbonyl (C=O) groups excluding carboxylic acids is 2. The molecule has 0 saturated heterocycles. The average Bonchev–Trinajstić information content (AvgIpc) is 2.89. The van der Waals surface area contributed by atoms with Crippen LogP contribution in [-0.2, 0) is 14.3 Å². The molecule has 8 nitrogen and oxygen atoms in total. The zero-order chi connectivity index (χ0) is 28.4. The van der Waals surface area contributed by atoms with E-state index in [1.165, 1.54) is 6.08 Å². The lowest BCUT2D eigenvalue weighted by molar-refractivity contribution is -0.111. The number of aromatic hydroxyl groups is 1. The Hall–Kier alpha value is -3.34. The molecule has 0 aromatic heterocycles. The highest BCUT2D eigenvalue weighted by molar-refractivity contribution is 9.11. The number of rotatable bonds is 11. The summed E-state index contributed by atoms with van der Waals surface area (Å²) in [4.78, 5) is 25.3. The lowest BCUT2D eigenvalue weighted by atomic mass is 9.99. The van der Waals surface area contributed by atoms with Crippen molar-refractivity contribution in [2.24, 2.45) is 0 Å². The minimum Gasteiger partial charge on any atom is -0.506 e. The summed E-state index contributed by atoms with van der Waals surface area (Å²) in [6.45, 7) is 4.13. The summed E-state index contributed by atoms with van der Waals surface area (Å²) in [5.74, 6) is -0.383. The van der Waals surface area contributed by atoms with E-state index in [9.17, 15) is 14.7 Å². The van der Waals surface area contributed by atoms with Gasteiger partial charge in [0.05, 0.1) is 22.0 Å². The quantitative estimate of drug-likeness (QED) is 0.125. The van der Waals surface area contributed by atoms with Crippen molar-refractivity contribution in [3.63, 3.8) is 0 Å². The molecule has 0 unspecified atom stereocenters. The molecule has 3 aromatic rings. The van der Waals surface area contributed by atoms with Crippen LogP contribution in [0.15, 0.2) is 81.8 Å². The molecule has 0 bridgehead atoms. The van der Waals surface area contributed by atoms with E-state index < -0.39 is 18.3 Å². The van der Waals surface area contributed by atoms with Crippen molar-refractivity contribution in [2.75, 3.05) is 23.0 Å². The summed E-state index contributed by atoms with van der Waals surface area (Å²) in [5.41, 5.74) is 8.89. The lowest BCUT2D eigenvalue weighted by Crippen LogP contribution is -2.29. The molecule has 2 amide bonds. The molecule has 3 rings (SSSR count). The van der Waals surface area contributed by atoms with Gasteiger partial charge in [-0.15, -0.1) is 0 Å².